The van der Waals surface area contributed by atoms with Crippen LogP contribution in [0.15, 0.2) is 73.1 Å². The van der Waals surface area contributed by atoms with Crippen LogP contribution < -0.4 is 10.6 Å². The first-order valence-corrected chi connectivity index (χ1v) is 12.2. The molecule has 37 heavy (non-hydrogen) atoms. The van der Waals surface area contributed by atoms with Gasteiger partial charge < -0.3 is 15.7 Å². The molecular weight excluding hydrogens is 473 g/mol. The van der Waals surface area contributed by atoms with E-state index in [2.05, 4.69) is 20.7 Å². The Balaban J connectivity index is 1.43. The number of hydrogen-bond donors (Lipinski definition) is 3. The van der Waals surface area contributed by atoms with E-state index in [1.165, 1.54) is 23.0 Å². The van der Waals surface area contributed by atoms with Crippen LogP contribution in [0.2, 0.25) is 0 Å². The molecule has 188 valence electrons. The van der Waals surface area contributed by atoms with E-state index in [4.69, 9.17) is 0 Å². The molecule has 0 atom stereocenters. The summed E-state index contributed by atoms with van der Waals surface area (Å²) in [7, 11) is 0. The topological polar surface area (TPSA) is 109 Å². The van der Waals surface area contributed by atoms with Gasteiger partial charge in [-0.2, -0.15) is 9.78 Å². The Morgan fingerprint density at radius 2 is 1.86 bits per heavy atom. The highest BCUT2D eigenvalue weighted by atomic mass is 19.1. The normalized spacial score (nSPS) is 13.4. The van der Waals surface area contributed by atoms with Crippen molar-refractivity contribution >= 4 is 17.6 Å². The van der Waals surface area contributed by atoms with Crippen LogP contribution in [0.3, 0.4) is 0 Å². The first-order valence-electron chi connectivity index (χ1n) is 12.2. The number of anilines is 1. The lowest BCUT2D eigenvalue weighted by Gasteiger charge is -2.12. The van der Waals surface area contributed by atoms with Gasteiger partial charge in [-0.3, -0.25) is 9.78 Å². The molecule has 1 aliphatic carbocycles. The van der Waals surface area contributed by atoms with Crippen molar-refractivity contribution in [3.8, 4) is 17.0 Å². The molecule has 0 radical (unpaired) electrons. The molecule has 2 amide bonds. The molecule has 2 aromatic heterocycles. The minimum Gasteiger partial charge on any atom is -0.507 e. The Morgan fingerprint density at radius 1 is 1.05 bits per heavy atom. The number of aromatic nitrogens is 3. The van der Waals surface area contributed by atoms with Crippen LogP contribution in [0.5, 0.6) is 5.75 Å². The number of hydrogen-bond acceptors (Lipinski definition) is 5. The van der Waals surface area contributed by atoms with E-state index in [1.807, 2.05) is 0 Å². The van der Waals surface area contributed by atoms with Gasteiger partial charge in [0.1, 0.15) is 11.6 Å². The van der Waals surface area contributed by atoms with Crippen LogP contribution in [0.1, 0.15) is 53.2 Å². The summed E-state index contributed by atoms with van der Waals surface area (Å²) < 4.78 is 15.4. The summed E-state index contributed by atoms with van der Waals surface area (Å²) in [5, 5.41) is 20.7. The summed E-state index contributed by atoms with van der Waals surface area (Å²) in [5.41, 5.74) is 2.75. The third-order valence-corrected chi connectivity index (χ3v) is 6.54. The Labute approximate surface area is 213 Å². The molecule has 0 unspecified atom stereocenters. The first kappa shape index (κ1) is 24.2. The van der Waals surface area contributed by atoms with E-state index in [1.54, 1.807) is 54.7 Å². The summed E-state index contributed by atoms with van der Waals surface area (Å²) in [6.45, 7) is 0.0198. The first-order chi connectivity index (χ1) is 18.0. The van der Waals surface area contributed by atoms with Gasteiger partial charge in [-0.15, -0.1) is 0 Å². The maximum absolute atomic E-state index is 14.0. The minimum atomic E-state index is -0.475. The van der Waals surface area contributed by atoms with Crippen molar-refractivity contribution in [1.82, 2.24) is 20.1 Å². The van der Waals surface area contributed by atoms with E-state index < -0.39 is 11.8 Å². The van der Waals surface area contributed by atoms with Gasteiger partial charge in [0.15, 0.2) is 0 Å². The number of halogens is 1. The van der Waals surface area contributed by atoms with Crippen molar-refractivity contribution in [2.75, 3.05) is 5.32 Å². The van der Waals surface area contributed by atoms with Crippen molar-refractivity contribution in [1.29, 1.82) is 0 Å². The van der Waals surface area contributed by atoms with Gasteiger partial charge in [0.25, 0.3) is 5.91 Å². The summed E-state index contributed by atoms with van der Waals surface area (Å²) in [5.74, 6) is -0.616. The molecule has 5 rings (SSSR count). The third-order valence-electron chi connectivity index (χ3n) is 6.54. The van der Waals surface area contributed by atoms with E-state index in [0.717, 1.165) is 31.4 Å². The maximum Gasteiger partial charge on any atom is 0.342 e. The highest BCUT2D eigenvalue weighted by molar-refractivity contribution is 6.04. The zero-order valence-electron chi connectivity index (χ0n) is 20.0. The molecule has 0 spiro atoms. The lowest BCUT2D eigenvalue weighted by atomic mass is 10.0. The number of aromatic hydroxyl groups is 1. The Kier molecular flexibility index (Phi) is 6.93. The number of nitrogens with zero attached hydrogens (tertiary/aromatic N) is 3. The van der Waals surface area contributed by atoms with Crippen LogP contribution in [-0.2, 0) is 6.54 Å². The van der Waals surface area contributed by atoms with Gasteiger partial charge in [-0.1, -0.05) is 31.0 Å². The molecule has 1 aliphatic rings. The predicted molar refractivity (Wildman–Crippen MR) is 137 cm³/mol. The molecule has 1 fully saturated rings. The number of phenolic OH excluding ortho intramolecular Hbond substituents is 1. The van der Waals surface area contributed by atoms with Crippen molar-refractivity contribution in [2.45, 2.75) is 38.1 Å². The van der Waals surface area contributed by atoms with Crippen LogP contribution in [0.4, 0.5) is 14.9 Å². The maximum atomic E-state index is 14.0. The predicted octanol–water partition coefficient (Wildman–Crippen LogP) is 5.46. The number of phenols is 1. The lowest BCUT2D eigenvalue weighted by Crippen LogP contribution is -2.31. The number of pyridine rings is 1. The largest absolute Gasteiger partial charge is 0.507 e. The van der Waals surface area contributed by atoms with Crippen LogP contribution in [-0.4, -0.2) is 31.8 Å². The summed E-state index contributed by atoms with van der Waals surface area (Å²) in [6, 6.07) is 15.6. The minimum absolute atomic E-state index is 0.0198. The fourth-order valence-corrected chi connectivity index (χ4v) is 4.61. The van der Waals surface area contributed by atoms with Crippen molar-refractivity contribution in [3.05, 3.63) is 95.7 Å². The monoisotopic (exact) mass is 499 g/mol. The number of carbonyl (C=O) groups excluding carboxylic acids is 2. The summed E-state index contributed by atoms with van der Waals surface area (Å²) in [6.07, 6.45) is 7.02. The fourth-order valence-electron chi connectivity index (χ4n) is 4.61. The fraction of sp³-hybridized carbons (Fsp3) is 0.214. The zero-order valence-corrected chi connectivity index (χ0v) is 20.0. The van der Waals surface area contributed by atoms with Gasteiger partial charge in [-0.05, 0) is 55.3 Å². The van der Waals surface area contributed by atoms with Crippen molar-refractivity contribution in [3.63, 3.8) is 0 Å². The Hall–Kier alpha value is -4.53. The van der Waals surface area contributed by atoms with E-state index in [-0.39, 0.29) is 24.1 Å². The Bertz CT molecular complexity index is 1430. The second kappa shape index (κ2) is 10.6. The molecular formula is C28H26FN5O3. The van der Waals surface area contributed by atoms with E-state index in [0.29, 0.717) is 28.1 Å². The number of nitrogens with one attached hydrogen (secondary N) is 2. The number of rotatable bonds is 6. The SMILES string of the molecule is O=C(Nc1ccc(O)c(-c2cc(C3CCCC3)n(C(=O)NCc3ccccc3F)n2)c1)c1cccnc1. The molecule has 0 bridgehead atoms. The van der Waals surface area contributed by atoms with Gasteiger partial charge in [-0.25, -0.2) is 9.18 Å². The zero-order chi connectivity index (χ0) is 25.8. The van der Waals surface area contributed by atoms with Crippen LogP contribution in [0.25, 0.3) is 11.3 Å². The second-order valence-electron chi connectivity index (χ2n) is 9.03. The summed E-state index contributed by atoms with van der Waals surface area (Å²) >= 11 is 0. The van der Waals surface area contributed by atoms with Crippen LogP contribution in [0, 0.1) is 5.82 Å². The van der Waals surface area contributed by atoms with E-state index >= 15 is 0 Å². The summed E-state index contributed by atoms with van der Waals surface area (Å²) in [4.78, 5) is 29.7. The number of amides is 2. The average molecular weight is 500 g/mol. The molecule has 0 saturated heterocycles. The van der Waals surface area contributed by atoms with Gasteiger partial charge >= 0.3 is 6.03 Å². The van der Waals surface area contributed by atoms with Gasteiger partial charge in [0, 0.05) is 41.7 Å². The molecule has 1 saturated carbocycles. The third kappa shape index (κ3) is 5.35. The van der Waals surface area contributed by atoms with Crippen LogP contribution >= 0.6 is 0 Å². The number of carbonyl (C=O) groups is 2. The molecule has 0 aliphatic heterocycles. The average Bonchev–Trinajstić information content (AvgIpc) is 3.60. The van der Waals surface area contributed by atoms with Gasteiger partial charge in [0.05, 0.1) is 17.0 Å². The quantitative estimate of drug-likeness (QED) is 0.305. The molecule has 9 heteroatoms. The highest BCUT2D eigenvalue weighted by Crippen LogP contribution is 2.38. The molecule has 4 aromatic rings. The molecule has 3 N–H and O–H groups in total. The number of benzene rings is 2. The lowest BCUT2D eigenvalue weighted by molar-refractivity contribution is 0.102. The standard InChI is InChI=1S/C28H26FN5O3/c29-23-10-4-3-8-19(23)17-31-28(37)34-25(18-6-1-2-7-18)15-24(33-34)22-14-21(11-12-26(22)35)32-27(36)20-9-5-13-30-16-20/h3-5,8-16,18,35H,1-2,6-7,17H2,(H,31,37)(H,32,36). The second-order valence-corrected chi connectivity index (χ2v) is 9.03. The van der Waals surface area contributed by atoms with Crippen molar-refractivity contribution < 1.29 is 19.1 Å². The molecule has 8 nitrogen and oxygen atoms in total. The van der Waals surface area contributed by atoms with Crippen molar-refractivity contribution in [2.24, 2.45) is 0 Å². The van der Waals surface area contributed by atoms with Gasteiger partial charge in [0.2, 0.25) is 0 Å². The smallest absolute Gasteiger partial charge is 0.342 e. The highest BCUT2D eigenvalue weighted by Gasteiger charge is 2.26. The molecule has 2 heterocycles. The Morgan fingerprint density at radius 3 is 2.62 bits per heavy atom. The van der Waals surface area contributed by atoms with E-state index in [9.17, 15) is 19.1 Å². The molecule has 2 aromatic carbocycles.